The summed E-state index contributed by atoms with van der Waals surface area (Å²) in [6.07, 6.45) is 1.13. The summed E-state index contributed by atoms with van der Waals surface area (Å²) in [5, 5.41) is 11.3. The maximum atomic E-state index is 13.0. The molecule has 0 fully saturated rings. The van der Waals surface area contributed by atoms with Gasteiger partial charge in [-0.25, -0.2) is 9.99 Å². The average molecular weight is 415 g/mol. The minimum absolute atomic E-state index is 0.0335. The molecule has 0 saturated carbocycles. The highest BCUT2D eigenvalue weighted by Gasteiger charge is 2.40. The number of nitrogens with zero attached hydrogens (tertiary/aromatic N) is 4. The summed E-state index contributed by atoms with van der Waals surface area (Å²) in [6, 6.07) is 0. The number of rotatable bonds is 7. The third kappa shape index (κ3) is 4.19. The summed E-state index contributed by atoms with van der Waals surface area (Å²) in [5.74, 6) is -1.80. The zero-order chi connectivity index (χ0) is 22.8. The van der Waals surface area contributed by atoms with Crippen LogP contribution in [0.5, 0.6) is 0 Å². The summed E-state index contributed by atoms with van der Waals surface area (Å²) in [5.41, 5.74) is 5.40. The lowest BCUT2D eigenvalue weighted by Gasteiger charge is -2.32. The fourth-order valence-electron chi connectivity index (χ4n) is 3.37. The molecule has 11 nitrogen and oxygen atoms in total. The molecule has 0 radical (unpaired) electrons. The molecule has 1 aliphatic rings. The van der Waals surface area contributed by atoms with E-state index >= 15 is 0 Å². The molecule has 1 aromatic heterocycles. The van der Waals surface area contributed by atoms with Crippen LogP contribution in [0.4, 0.5) is 5.82 Å². The molecule has 1 aliphatic carbocycles. The van der Waals surface area contributed by atoms with Crippen LogP contribution in [0.3, 0.4) is 0 Å². The zero-order valence-electron chi connectivity index (χ0n) is 17.8. The second-order valence-electron chi connectivity index (χ2n) is 7.54. The Labute approximate surface area is 173 Å². The Morgan fingerprint density at radius 2 is 1.87 bits per heavy atom. The van der Waals surface area contributed by atoms with Gasteiger partial charge in [-0.15, -0.1) is 5.11 Å². The van der Waals surface area contributed by atoms with E-state index in [0.29, 0.717) is 11.1 Å². The number of primary amides is 1. The van der Waals surface area contributed by atoms with Crippen molar-refractivity contribution in [2.75, 3.05) is 14.1 Å². The third-order valence-electron chi connectivity index (χ3n) is 4.91. The number of nitrogens with two attached hydrogens (primary N) is 1. The van der Waals surface area contributed by atoms with Gasteiger partial charge in [-0.05, 0) is 13.8 Å². The lowest BCUT2D eigenvalue weighted by atomic mass is 9.72. The number of allylic oxidation sites excluding steroid dienone is 3. The van der Waals surface area contributed by atoms with Crippen LogP contribution in [-0.2, 0) is 14.4 Å². The lowest BCUT2D eigenvalue weighted by Crippen LogP contribution is -2.37. The first-order chi connectivity index (χ1) is 13.9. The molecule has 0 atom stereocenters. The second kappa shape index (κ2) is 8.39. The van der Waals surface area contributed by atoms with E-state index in [1.54, 1.807) is 34.7 Å². The number of ketones is 2. The van der Waals surface area contributed by atoms with Gasteiger partial charge >= 0.3 is 0 Å². The van der Waals surface area contributed by atoms with Crippen LogP contribution >= 0.6 is 0 Å². The second-order valence-corrected chi connectivity index (χ2v) is 7.54. The smallest absolute Gasteiger partial charge is 0.269 e. The SMILES string of the molecule is CNC1=C(C)C(=O)C(C)=C(C(C)(C)CC(=O)N(C)/N=N/c2nc[nH]c2C(N)=O)C1=O. The highest BCUT2D eigenvalue weighted by molar-refractivity contribution is 6.25. The van der Waals surface area contributed by atoms with Gasteiger partial charge in [0.15, 0.2) is 11.5 Å². The molecular weight excluding hydrogens is 390 g/mol. The van der Waals surface area contributed by atoms with Crippen molar-refractivity contribution < 1.29 is 19.2 Å². The number of amides is 2. The molecule has 4 N–H and O–H groups in total. The molecule has 0 bridgehead atoms. The highest BCUT2D eigenvalue weighted by atomic mass is 16.2. The van der Waals surface area contributed by atoms with Crippen LogP contribution in [-0.4, -0.2) is 52.5 Å². The van der Waals surface area contributed by atoms with E-state index in [0.717, 1.165) is 5.01 Å². The molecule has 11 heteroatoms. The number of H-pyrrole nitrogens is 1. The zero-order valence-corrected chi connectivity index (χ0v) is 17.8. The number of hydrogen-bond acceptors (Lipinski definition) is 8. The first-order valence-corrected chi connectivity index (χ1v) is 9.13. The molecule has 1 heterocycles. The largest absolute Gasteiger partial charge is 0.385 e. The molecule has 30 heavy (non-hydrogen) atoms. The summed E-state index contributed by atoms with van der Waals surface area (Å²) >= 11 is 0. The van der Waals surface area contributed by atoms with Gasteiger partial charge in [-0.1, -0.05) is 19.1 Å². The van der Waals surface area contributed by atoms with E-state index in [9.17, 15) is 19.2 Å². The first-order valence-electron chi connectivity index (χ1n) is 9.13. The highest BCUT2D eigenvalue weighted by Crippen LogP contribution is 2.38. The van der Waals surface area contributed by atoms with Crippen LogP contribution in [0, 0.1) is 5.41 Å². The fourth-order valence-corrected chi connectivity index (χ4v) is 3.37. The number of aromatic amines is 1. The van der Waals surface area contributed by atoms with Gasteiger partial charge in [0.2, 0.25) is 17.5 Å². The van der Waals surface area contributed by atoms with Crippen LogP contribution < -0.4 is 11.1 Å². The first kappa shape index (κ1) is 22.7. The van der Waals surface area contributed by atoms with Crippen LogP contribution in [0.25, 0.3) is 0 Å². The molecule has 2 rings (SSSR count). The van der Waals surface area contributed by atoms with Gasteiger partial charge in [0.25, 0.3) is 5.91 Å². The van der Waals surface area contributed by atoms with E-state index in [1.165, 1.54) is 13.4 Å². The van der Waals surface area contributed by atoms with E-state index in [1.807, 2.05) is 0 Å². The summed E-state index contributed by atoms with van der Waals surface area (Å²) in [4.78, 5) is 55.8. The van der Waals surface area contributed by atoms with Gasteiger partial charge in [0, 0.05) is 42.7 Å². The monoisotopic (exact) mass is 415 g/mol. The lowest BCUT2D eigenvalue weighted by molar-refractivity contribution is -0.132. The van der Waals surface area contributed by atoms with Crippen molar-refractivity contribution in [2.45, 2.75) is 34.1 Å². The van der Waals surface area contributed by atoms with Crippen molar-refractivity contribution in [2.24, 2.45) is 21.5 Å². The molecule has 0 unspecified atom stereocenters. The number of hydrogen-bond donors (Lipinski definition) is 3. The van der Waals surface area contributed by atoms with Crippen molar-refractivity contribution >= 4 is 29.2 Å². The number of imidazole rings is 1. The molecule has 0 aliphatic heterocycles. The number of Topliss-reactive ketones (excluding diaryl/α,β-unsaturated/α-hetero) is 2. The summed E-state index contributed by atoms with van der Waals surface area (Å²) < 4.78 is 0. The van der Waals surface area contributed by atoms with Crippen molar-refractivity contribution in [3.8, 4) is 0 Å². The van der Waals surface area contributed by atoms with Crippen molar-refractivity contribution in [1.29, 1.82) is 0 Å². The molecule has 160 valence electrons. The standard InChI is InChI=1S/C19H25N7O4/c1-9-12(16(29)13(21-5)10(2)15(9)28)19(3,4)7-11(27)26(6)25-24-18-14(17(20)30)22-8-23-18/h8,21H,7H2,1-6H3,(H2,20,30)(H,22,23)/b25-24+. The number of nitrogens with one attached hydrogen (secondary N) is 2. The predicted octanol–water partition coefficient (Wildman–Crippen LogP) is 1.34. The van der Waals surface area contributed by atoms with Gasteiger partial charge in [-0.3, -0.25) is 19.2 Å². The van der Waals surface area contributed by atoms with E-state index < -0.39 is 17.2 Å². The third-order valence-corrected chi connectivity index (χ3v) is 4.91. The van der Waals surface area contributed by atoms with Crippen LogP contribution in [0.1, 0.15) is 44.6 Å². The van der Waals surface area contributed by atoms with Gasteiger partial charge in [0.1, 0.15) is 0 Å². The van der Waals surface area contributed by atoms with Crippen molar-refractivity contribution in [3.63, 3.8) is 0 Å². The minimum Gasteiger partial charge on any atom is -0.385 e. The van der Waals surface area contributed by atoms with E-state index in [2.05, 4.69) is 25.6 Å². The van der Waals surface area contributed by atoms with Gasteiger partial charge < -0.3 is 16.0 Å². The Morgan fingerprint density at radius 1 is 1.23 bits per heavy atom. The van der Waals surface area contributed by atoms with Crippen molar-refractivity contribution in [3.05, 3.63) is 34.4 Å². The van der Waals surface area contributed by atoms with E-state index in [-0.39, 0.29) is 40.8 Å². The quantitative estimate of drug-likeness (QED) is 0.346. The summed E-state index contributed by atoms with van der Waals surface area (Å²) in [7, 11) is 2.96. The number of aromatic nitrogens is 2. The van der Waals surface area contributed by atoms with Crippen LogP contribution in [0.2, 0.25) is 0 Å². The molecular formula is C19H25N7O4. The Balaban J connectivity index is 2.23. The minimum atomic E-state index is -0.939. The van der Waals surface area contributed by atoms with Crippen molar-refractivity contribution in [1.82, 2.24) is 20.3 Å². The Morgan fingerprint density at radius 3 is 2.43 bits per heavy atom. The Kier molecular flexibility index (Phi) is 6.34. The molecule has 2 amide bonds. The Bertz CT molecular complexity index is 1010. The average Bonchev–Trinajstić information content (AvgIpc) is 3.13. The molecule has 0 aromatic carbocycles. The summed E-state index contributed by atoms with van der Waals surface area (Å²) in [6.45, 7) is 6.61. The fraction of sp³-hybridized carbons (Fsp3) is 0.421. The number of carbonyl (C=O) groups is 4. The maximum Gasteiger partial charge on any atom is 0.269 e. The van der Waals surface area contributed by atoms with E-state index in [4.69, 9.17) is 5.73 Å². The van der Waals surface area contributed by atoms with Gasteiger partial charge in [-0.2, -0.15) is 0 Å². The Hall–Kier alpha value is -3.63. The maximum absolute atomic E-state index is 13.0. The predicted molar refractivity (Wildman–Crippen MR) is 107 cm³/mol. The molecule has 1 aromatic rings. The number of carbonyl (C=O) groups excluding carboxylic acids is 4. The van der Waals surface area contributed by atoms with Gasteiger partial charge in [0.05, 0.1) is 12.0 Å². The number of likely N-dealkylation sites (N-methyl/N-ethyl adjacent to an activating group) is 1. The molecule has 0 spiro atoms. The van der Waals surface area contributed by atoms with Crippen LogP contribution in [0.15, 0.2) is 39.1 Å². The normalized spacial score (nSPS) is 15.3. The topological polar surface area (TPSA) is 163 Å². The molecule has 0 saturated heterocycles.